The van der Waals surface area contributed by atoms with E-state index in [2.05, 4.69) is 0 Å². The van der Waals surface area contributed by atoms with Gasteiger partial charge in [0.25, 0.3) is 0 Å². The molecule has 1 heterocycles. The van der Waals surface area contributed by atoms with Gasteiger partial charge in [-0.1, -0.05) is 18.2 Å². The highest BCUT2D eigenvalue weighted by molar-refractivity contribution is 7.99. The van der Waals surface area contributed by atoms with Crippen LogP contribution >= 0.6 is 11.8 Å². The van der Waals surface area contributed by atoms with Crippen LogP contribution in [0.1, 0.15) is 17.3 Å². The number of rotatable bonds is 1. The first-order chi connectivity index (χ1) is 6.67. The third kappa shape index (κ3) is 1.37. The van der Waals surface area contributed by atoms with Crippen LogP contribution in [0.2, 0.25) is 0 Å². The van der Waals surface area contributed by atoms with Crippen molar-refractivity contribution in [2.45, 2.75) is 11.8 Å². The minimum atomic E-state index is -0.598. The van der Waals surface area contributed by atoms with Crippen molar-refractivity contribution in [2.75, 3.05) is 12.4 Å². The predicted molar refractivity (Wildman–Crippen MR) is 56.7 cm³/mol. The molecule has 0 saturated carbocycles. The first kappa shape index (κ1) is 9.74. The second-order valence-corrected chi connectivity index (χ2v) is 4.85. The maximum absolute atomic E-state index is 12.0. The van der Waals surface area contributed by atoms with Gasteiger partial charge < -0.3 is 5.11 Å². The third-order valence-electron chi connectivity index (χ3n) is 2.58. The van der Waals surface area contributed by atoms with Gasteiger partial charge in [-0.2, -0.15) is 0 Å². The monoisotopic (exact) mass is 208 g/mol. The molecule has 1 aliphatic rings. The molecule has 1 atom stereocenters. The first-order valence-corrected chi connectivity index (χ1v) is 5.53. The molecule has 0 spiro atoms. The Balaban J connectivity index is 2.46. The number of aliphatic hydroxyl groups is 1. The molecule has 0 radical (unpaired) electrons. The first-order valence-electron chi connectivity index (χ1n) is 4.55. The second-order valence-electron chi connectivity index (χ2n) is 3.83. The van der Waals surface area contributed by atoms with Crippen molar-refractivity contribution in [3.05, 3.63) is 29.8 Å². The summed E-state index contributed by atoms with van der Waals surface area (Å²) < 4.78 is 0. The largest absolute Gasteiger partial charge is 0.395 e. The quantitative estimate of drug-likeness (QED) is 0.766. The molecule has 1 unspecified atom stereocenters. The summed E-state index contributed by atoms with van der Waals surface area (Å²) in [4.78, 5) is 13.0. The number of hydrogen-bond donors (Lipinski definition) is 1. The van der Waals surface area contributed by atoms with Crippen LogP contribution in [0, 0.1) is 5.41 Å². The predicted octanol–water partition coefficient (Wildman–Crippen LogP) is 1.97. The number of carbonyl (C=O) groups is 1. The molecule has 2 nitrogen and oxygen atoms in total. The number of hydrogen-bond acceptors (Lipinski definition) is 3. The number of fused-ring (bicyclic) bond motifs is 1. The van der Waals surface area contributed by atoms with Crippen LogP contribution in [0.3, 0.4) is 0 Å². The fourth-order valence-corrected chi connectivity index (χ4v) is 2.71. The van der Waals surface area contributed by atoms with Gasteiger partial charge in [-0.25, -0.2) is 0 Å². The van der Waals surface area contributed by atoms with Gasteiger partial charge in [0.2, 0.25) is 0 Å². The van der Waals surface area contributed by atoms with E-state index in [9.17, 15) is 9.90 Å². The normalized spacial score (nSPS) is 26.0. The van der Waals surface area contributed by atoms with Crippen LogP contribution < -0.4 is 0 Å². The molecule has 1 N–H and O–H groups in total. The lowest BCUT2D eigenvalue weighted by atomic mass is 9.84. The molecule has 14 heavy (non-hydrogen) atoms. The van der Waals surface area contributed by atoms with E-state index in [1.165, 1.54) is 0 Å². The summed E-state index contributed by atoms with van der Waals surface area (Å²) >= 11 is 1.64. The average molecular weight is 208 g/mol. The lowest BCUT2D eigenvalue weighted by molar-refractivity contribution is 0.0726. The summed E-state index contributed by atoms with van der Waals surface area (Å²) in [5, 5.41) is 9.21. The highest BCUT2D eigenvalue weighted by Crippen LogP contribution is 2.39. The number of carbonyl (C=O) groups excluding carboxylic acids is 1. The van der Waals surface area contributed by atoms with Crippen LogP contribution in [0.25, 0.3) is 0 Å². The smallest absolute Gasteiger partial charge is 0.172 e. The number of aliphatic hydroxyl groups excluding tert-OH is 1. The summed E-state index contributed by atoms with van der Waals surface area (Å²) in [7, 11) is 0. The maximum Gasteiger partial charge on any atom is 0.172 e. The molecule has 0 aromatic heterocycles. The van der Waals surface area contributed by atoms with E-state index in [4.69, 9.17) is 0 Å². The van der Waals surface area contributed by atoms with Crippen molar-refractivity contribution in [2.24, 2.45) is 5.41 Å². The summed E-state index contributed by atoms with van der Waals surface area (Å²) in [5.41, 5.74) is 0.152. The Bertz CT molecular complexity index is 375. The summed E-state index contributed by atoms with van der Waals surface area (Å²) in [6.45, 7) is 1.74. The zero-order chi connectivity index (χ0) is 10.2. The minimum Gasteiger partial charge on any atom is -0.395 e. The van der Waals surface area contributed by atoms with E-state index in [-0.39, 0.29) is 12.4 Å². The highest BCUT2D eigenvalue weighted by atomic mass is 32.2. The molecule has 3 heteroatoms. The van der Waals surface area contributed by atoms with E-state index >= 15 is 0 Å². The Labute approximate surface area is 87.3 Å². The van der Waals surface area contributed by atoms with Gasteiger partial charge >= 0.3 is 0 Å². The van der Waals surface area contributed by atoms with Gasteiger partial charge in [-0.05, 0) is 13.0 Å². The van der Waals surface area contributed by atoms with Crippen LogP contribution in [-0.2, 0) is 0 Å². The average Bonchev–Trinajstić information content (AvgIpc) is 2.24. The fraction of sp³-hybridized carbons (Fsp3) is 0.364. The van der Waals surface area contributed by atoms with Gasteiger partial charge in [-0.3, -0.25) is 4.79 Å². The lowest BCUT2D eigenvalue weighted by Gasteiger charge is -2.30. The standard InChI is InChI=1S/C11H12O2S/c1-11(6-12)7-14-9-5-3-2-4-8(9)10(11)13/h2-5,12H,6-7H2,1H3. The molecule has 0 saturated heterocycles. The molecule has 0 aliphatic carbocycles. The second kappa shape index (κ2) is 3.41. The molecule has 2 rings (SSSR count). The van der Waals surface area contributed by atoms with Crippen molar-refractivity contribution in [1.29, 1.82) is 0 Å². The molecule has 74 valence electrons. The van der Waals surface area contributed by atoms with Crippen molar-refractivity contribution in [3.8, 4) is 0 Å². The van der Waals surface area contributed by atoms with E-state index in [0.29, 0.717) is 5.75 Å². The van der Waals surface area contributed by atoms with E-state index in [0.717, 1.165) is 10.5 Å². The topological polar surface area (TPSA) is 37.3 Å². The van der Waals surface area contributed by atoms with Gasteiger partial charge in [0.15, 0.2) is 5.78 Å². The Kier molecular flexibility index (Phi) is 2.37. The van der Waals surface area contributed by atoms with Gasteiger partial charge in [0.1, 0.15) is 0 Å². The Morgan fingerprint density at radius 1 is 1.50 bits per heavy atom. The minimum absolute atomic E-state index is 0.0642. The number of thioether (sulfide) groups is 1. The molecule has 1 aromatic rings. The van der Waals surface area contributed by atoms with E-state index < -0.39 is 5.41 Å². The van der Waals surface area contributed by atoms with Crippen LogP contribution in [0.5, 0.6) is 0 Å². The molecular formula is C11H12O2S. The SMILES string of the molecule is CC1(CO)CSc2ccccc2C1=O. The summed E-state index contributed by atoms with van der Waals surface area (Å²) in [5.74, 6) is 0.730. The number of benzene rings is 1. The Morgan fingerprint density at radius 2 is 2.21 bits per heavy atom. The third-order valence-corrected chi connectivity index (χ3v) is 4.02. The van der Waals surface area contributed by atoms with Crippen molar-refractivity contribution in [3.63, 3.8) is 0 Å². The van der Waals surface area contributed by atoms with Crippen molar-refractivity contribution < 1.29 is 9.90 Å². The van der Waals surface area contributed by atoms with E-state index in [1.54, 1.807) is 11.8 Å². The molecule has 0 fully saturated rings. The molecule has 0 bridgehead atoms. The maximum atomic E-state index is 12.0. The van der Waals surface area contributed by atoms with Crippen LogP contribution in [0.4, 0.5) is 0 Å². The summed E-state index contributed by atoms with van der Waals surface area (Å²) in [6.07, 6.45) is 0. The Morgan fingerprint density at radius 3 is 2.93 bits per heavy atom. The highest BCUT2D eigenvalue weighted by Gasteiger charge is 2.38. The Hall–Kier alpha value is -0.800. The molecular weight excluding hydrogens is 196 g/mol. The zero-order valence-electron chi connectivity index (χ0n) is 7.99. The van der Waals surface area contributed by atoms with Crippen LogP contribution in [-0.4, -0.2) is 23.2 Å². The zero-order valence-corrected chi connectivity index (χ0v) is 8.80. The van der Waals surface area contributed by atoms with Gasteiger partial charge in [0, 0.05) is 16.2 Å². The molecule has 1 aromatic carbocycles. The summed E-state index contributed by atoms with van der Waals surface area (Å²) in [6, 6.07) is 7.58. The number of Topliss-reactive ketones (excluding diaryl/α,β-unsaturated/α-hetero) is 1. The molecule has 1 aliphatic heterocycles. The van der Waals surface area contributed by atoms with Gasteiger partial charge in [0.05, 0.1) is 12.0 Å². The lowest BCUT2D eigenvalue weighted by Crippen LogP contribution is -2.37. The molecule has 0 amide bonds. The van der Waals surface area contributed by atoms with E-state index in [1.807, 2.05) is 31.2 Å². The van der Waals surface area contributed by atoms with Crippen molar-refractivity contribution in [1.82, 2.24) is 0 Å². The van der Waals surface area contributed by atoms with Gasteiger partial charge in [-0.15, -0.1) is 11.8 Å². The number of ketones is 1. The van der Waals surface area contributed by atoms with Crippen LogP contribution in [0.15, 0.2) is 29.2 Å². The van der Waals surface area contributed by atoms with Crippen molar-refractivity contribution >= 4 is 17.5 Å². The fourth-order valence-electron chi connectivity index (χ4n) is 1.53.